The third-order valence-corrected chi connectivity index (χ3v) is 3.44. The first-order valence-electron chi connectivity index (χ1n) is 7.08. The maximum atomic E-state index is 12.1. The summed E-state index contributed by atoms with van der Waals surface area (Å²) in [6, 6.07) is 9.35. The lowest BCUT2D eigenvalue weighted by atomic mass is 9.91. The van der Waals surface area contributed by atoms with Crippen molar-refractivity contribution in [3.8, 4) is 0 Å². The number of hydrogen-bond acceptors (Lipinski definition) is 4. The van der Waals surface area contributed by atoms with Crippen LogP contribution in [0.2, 0.25) is 0 Å². The highest BCUT2D eigenvalue weighted by Gasteiger charge is 2.28. The SMILES string of the molecule is C=CCC(N)C(CC(=O)CCc1ccccc1)C(=O)OC. The van der Waals surface area contributed by atoms with Gasteiger partial charge in [-0.2, -0.15) is 0 Å². The zero-order chi connectivity index (χ0) is 15.7. The summed E-state index contributed by atoms with van der Waals surface area (Å²) in [6.45, 7) is 3.61. The van der Waals surface area contributed by atoms with Crippen molar-refractivity contribution in [3.63, 3.8) is 0 Å². The van der Waals surface area contributed by atoms with Crippen molar-refractivity contribution >= 4 is 11.8 Å². The quantitative estimate of drug-likeness (QED) is 0.559. The smallest absolute Gasteiger partial charge is 0.310 e. The van der Waals surface area contributed by atoms with Crippen LogP contribution in [-0.4, -0.2) is 24.9 Å². The van der Waals surface area contributed by atoms with Gasteiger partial charge in [-0.25, -0.2) is 0 Å². The van der Waals surface area contributed by atoms with E-state index in [1.165, 1.54) is 7.11 Å². The van der Waals surface area contributed by atoms with Crippen LogP contribution >= 0.6 is 0 Å². The lowest BCUT2D eigenvalue weighted by molar-refractivity contribution is -0.148. The Balaban J connectivity index is 2.55. The zero-order valence-electron chi connectivity index (χ0n) is 12.5. The predicted octanol–water partition coefficient (Wildman–Crippen LogP) is 2.27. The van der Waals surface area contributed by atoms with Gasteiger partial charge in [-0.15, -0.1) is 6.58 Å². The molecule has 0 aromatic heterocycles. The number of esters is 1. The Morgan fingerprint density at radius 3 is 2.57 bits per heavy atom. The van der Waals surface area contributed by atoms with Gasteiger partial charge in [0.25, 0.3) is 0 Å². The van der Waals surface area contributed by atoms with E-state index in [0.29, 0.717) is 19.3 Å². The standard InChI is InChI=1S/C17H23NO3/c1-3-7-16(18)15(17(20)21-2)12-14(19)11-10-13-8-5-4-6-9-13/h3-6,8-9,15-16H,1,7,10-12,18H2,2H3. The summed E-state index contributed by atoms with van der Waals surface area (Å²) < 4.78 is 4.74. The van der Waals surface area contributed by atoms with Gasteiger partial charge >= 0.3 is 5.97 Å². The maximum absolute atomic E-state index is 12.1. The molecule has 0 bridgehead atoms. The number of rotatable bonds is 9. The largest absolute Gasteiger partial charge is 0.469 e. The van der Waals surface area contributed by atoms with E-state index in [9.17, 15) is 9.59 Å². The molecule has 1 aromatic carbocycles. The number of carbonyl (C=O) groups excluding carboxylic acids is 2. The first-order valence-corrected chi connectivity index (χ1v) is 7.08. The molecule has 0 heterocycles. The Morgan fingerprint density at radius 2 is 2.00 bits per heavy atom. The predicted molar refractivity (Wildman–Crippen MR) is 82.7 cm³/mol. The molecule has 0 aliphatic carbocycles. The van der Waals surface area contributed by atoms with Crippen LogP contribution in [0.25, 0.3) is 0 Å². The minimum Gasteiger partial charge on any atom is -0.469 e. The molecule has 114 valence electrons. The fraction of sp³-hybridized carbons (Fsp3) is 0.412. The Labute approximate surface area is 126 Å². The molecule has 1 aromatic rings. The number of ketones is 1. The molecule has 21 heavy (non-hydrogen) atoms. The lowest BCUT2D eigenvalue weighted by Crippen LogP contribution is -2.37. The van der Waals surface area contributed by atoms with Crippen molar-refractivity contribution < 1.29 is 14.3 Å². The van der Waals surface area contributed by atoms with E-state index >= 15 is 0 Å². The van der Waals surface area contributed by atoms with Gasteiger partial charge in [0.1, 0.15) is 5.78 Å². The third-order valence-electron chi connectivity index (χ3n) is 3.44. The molecule has 0 saturated heterocycles. The van der Waals surface area contributed by atoms with Crippen LogP contribution in [0.1, 0.15) is 24.8 Å². The molecule has 0 saturated carbocycles. The van der Waals surface area contributed by atoms with Crippen LogP contribution in [0, 0.1) is 5.92 Å². The highest BCUT2D eigenvalue weighted by molar-refractivity contribution is 5.85. The van der Waals surface area contributed by atoms with Gasteiger partial charge in [-0.3, -0.25) is 9.59 Å². The van der Waals surface area contributed by atoms with E-state index in [2.05, 4.69) is 6.58 Å². The second-order valence-corrected chi connectivity index (χ2v) is 5.05. The van der Waals surface area contributed by atoms with Crippen LogP contribution in [-0.2, 0) is 20.7 Å². The number of methoxy groups -OCH3 is 1. The van der Waals surface area contributed by atoms with Crippen molar-refractivity contribution in [2.45, 2.75) is 31.7 Å². The Bertz CT molecular complexity index is 470. The van der Waals surface area contributed by atoms with Crippen LogP contribution in [0.4, 0.5) is 0 Å². The minimum atomic E-state index is -0.601. The zero-order valence-corrected chi connectivity index (χ0v) is 12.5. The summed E-state index contributed by atoms with van der Waals surface area (Å²) in [5.74, 6) is -1.01. The molecule has 2 atom stereocenters. The van der Waals surface area contributed by atoms with Gasteiger partial charge in [0.2, 0.25) is 0 Å². The Morgan fingerprint density at radius 1 is 1.33 bits per heavy atom. The van der Waals surface area contributed by atoms with Gasteiger partial charge in [0.15, 0.2) is 0 Å². The van der Waals surface area contributed by atoms with Crippen LogP contribution in [0.15, 0.2) is 43.0 Å². The van der Waals surface area contributed by atoms with Gasteiger partial charge < -0.3 is 10.5 Å². The molecule has 4 heteroatoms. The van der Waals surface area contributed by atoms with Crippen molar-refractivity contribution in [3.05, 3.63) is 48.6 Å². The first kappa shape index (κ1) is 17.1. The number of Topliss-reactive ketones (excluding diaryl/α,β-unsaturated/α-hetero) is 1. The molecule has 2 unspecified atom stereocenters. The molecule has 2 N–H and O–H groups in total. The normalized spacial score (nSPS) is 13.2. The summed E-state index contributed by atoms with van der Waals surface area (Å²) in [5, 5.41) is 0. The summed E-state index contributed by atoms with van der Waals surface area (Å²) in [5.41, 5.74) is 7.04. The molecule has 0 aliphatic rings. The number of nitrogens with two attached hydrogens (primary N) is 1. The lowest BCUT2D eigenvalue weighted by Gasteiger charge is -2.19. The van der Waals surface area contributed by atoms with Crippen molar-refractivity contribution in [1.29, 1.82) is 0 Å². The average Bonchev–Trinajstić information content (AvgIpc) is 2.51. The van der Waals surface area contributed by atoms with Crippen molar-refractivity contribution in [1.82, 2.24) is 0 Å². The molecular weight excluding hydrogens is 266 g/mol. The molecule has 0 spiro atoms. The number of carbonyl (C=O) groups is 2. The molecule has 4 nitrogen and oxygen atoms in total. The third kappa shape index (κ3) is 5.92. The van der Waals surface area contributed by atoms with E-state index in [1.807, 2.05) is 30.3 Å². The van der Waals surface area contributed by atoms with Crippen LogP contribution in [0.3, 0.4) is 0 Å². The first-order chi connectivity index (χ1) is 10.1. The van der Waals surface area contributed by atoms with Crippen LogP contribution in [0.5, 0.6) is 0 Å². The van der Waals surface area contributed by atoms with Gasteiger partial charge in [0, 0.05) is 18.9 Å². The van der Waals surface area contributed by atoms with Gasteiger partial charge in [-0.1, -0.05) is 36.4 Å². The number of aryl methyl sites for hydroxylation is 1. The van der Waals surface area contributed by atoms with E-state index in [1.54, 1.807) is 6.08 Å². The summed E-state index contributed by atoms with van der Waals surface area (Å²) in [6.07, 6.45) is 3.32. The molecule has 1 rings (SSSR count). The highest BCUT2D eigenvalue weighted by Crippen LogP contribution is 2.15. The van der Waals surface area contributed by atoms with Gasteiger partial charge in [-0.05, 0) is 18.4 Å². The number of hydrogen-bond donors (Lipinski definition) is 1. The van der Waals surface area contributed by atoms with Crippen molar-refractivity contribution in [2.75, 3.05) is 7.11 Å². The monoisotopic (exact) mass is 289 g/mol. The summed E-state index contributed by atoms with van der Waals surface area (Å²) in [7, 11) is 1.31. The summed E-state index contributed by atoms with van der Waals surface area (Å²) in [4.78, 5) is 23.8. The van der Waals surface area contributed by atoms with E-state index < -0.39 is 17.9 Å². The second kappa shape index (κ2) is 9.08. The molecule has 0 amide bonds. The topological polar surface area (TPSA) is 69.4 Å². The van der Waals surface area contributed by atoms with Gasteiger partial charge in [0.05, 0.1) is 13.0 Å². The number of ether oxygens (including phenoxy) is 1. The Hall–Kier alpha value is -1.94. The maximum Gasteiger partial charge on any atom is 0.310 e. The second-order valence-electron chi connectivity index (χ2n) is 5.05. The molecule has 0 fully saturated rings. The Kier molecular flexibility index (Phi) is 7.40. The van der Waals surface area contributed by atoms with Crippen LogP contribution < -0.4 is 5.73 Å². The fourth-order valence-electron chi connectivity index (χ4n) is 2.19. The van der Waals surface area contributed by atoms with Crippen molar-refractivity contribution in [2.24, 2.45) is 11.7 Å². The minimum absolute atomic E-state index is 0.0220. The molecular formula is C17H23NO3. The highest BCUT2D eigenvalue weighted by atomic mass is 16.5. The fourth-order valence-corrected chi connectivity index (χ4v) is 2.19. The summed E-state index contributed by atoms with van der Waals surface area (Å²) >= 11 is 0. The number of benzene rings is 1. The average molecular weight is 289 g/mol. The molecule has 0 aliphatic heterocycles. The van der Waals surface area contributed by atoms with E-state index in [4.69, 9.17) is 10.5 Å². The van der Waals surface area contributed by atoms with E-state index in [0.717, 1.165) is 5.56 Å². The molecule has 0 radical (unpaired) electrons. The van der Waals surface area contributed by atoms with E-state index in [-0.39, 0.29) is 12.2 Å².